The molecule has 3 amide bonds. The standard InChI is InChI=1S/C25H28N2O5/c1-2-3-17-32-25(31)18-12-14-19(15-13-18)26-22(28)11-5-4-8-16-27-23(29)20-9-6-7-10-21(20)24(27)30/h6-7,9-10,12-15H,2-5,8,11,16-17H2,1H3,(H,26,28). The van der Waals surface area contributed by atoms with E-state index in [9.17, 15) is 19.2 Å². The maximum absolute atomic E-state index is 12.3. The van der Waals surface area contributed by atoms with E-state index in [1.807, 2.05) is 6.92 Å². The maximum atomic E-state index is 12.3. The lowest BCUT2D eigenvalue weighted by atomic mass is 10.1. The number of hydrogen-bond acceptors (Lipinski definition) is 5. The highest BCUT2D eigenvalue weighted by Crippen LogP contribution is 2.23. The third kappa shape index (κ3) is 5.81. The van der Waals surface area contributed by atoms with Gasteiger partial charge in [-0.1, -0.05) is 31.9 Å². The lowest BCUT2D eigenvalue weighted by Crippen LogP contribution is -2.30. The van der Waals surface area contributed by atoms with Gasteiger partial charge in [0.1, 0.15) is 0 Å². The third-order valence-corrected chi connectivity index (χ3v) is 5.30. The first-order valence-electron chi connectivity index (χ1n) is 11.0. The fraction of sp³-hybridized carbons (Fsp3) is 0.360. The van der Waals surface area contributed by atoms with Gasteiger partial charge in [-0.3, -0.25) is 19.3 Å². The molecule has 32 heavy (non-hydrogen) atoms. The Morgan fingerprint density at radius 3 is 2.16 bits per heavy atom. The summed E-state index contributed by atoms with van der Waals surface area (Å²) in [6, 6.07) is 13.5. The molecule has 0 saturated carbocycles. The molecule has 7 nitrogen and oxygen atoms in total. The highest BCUT2D eigenvalue weighted by atomic mass is 16.5. The van der Waals surface area contributed by atoms with E-state index in [-0.39, 0.29) is 23.7 Å². The van der Waals surface area contributed by atoms with E-state index in [4.69, 9.17) is 4.74 Å². The average molecular weight is 437 g/mol. The Morgan fingerprint density at radius 2 is 1.53 bits per heavy atom. The lowest BCUT2D eigenvalue weighted by Gasteiger charge is -2.13. The second kappa shape index (κ2) is 11.2. The topological polar surface area (TPSA) is 92.8 Å². The number of nitrogens with zero attached hydrogens (tertiary/aromatic N) is 1. The van der Waals surface area contributed by atoms with Gasteiger partial charge in [-0.05, 0) is 55.7 Å². The van der Waals surface area contributed by atoms with E-state index >= 15 is 0 Å². The molecule has 0 spiro atoms. The van der Waals surface area contributed by atoms with Gasteiger partial charge in [0.25, 0.3) is 11.8 Å². The van der Waals surface area contributed by atoms with E-state index in [1.165, 1.54) is 4.90 Å². The van der Waals surface area contributed by atoms with Gasteiger partial charge < -0.3 is 10.1 Å². The molecule has 0 atom stereocenters. The minimum atomic E-state index is -0.366. The van der Waals surface area contributed by atoms with Gasteiger partial charge in [0.05, 0.1) is 23.3 Å². The van der Waals surface area contributed by atoms with E-state index < -0.39 is 0 Å². The fourth-order valence-corrected chi connectivity index (χ4v) is 3.48. The number of carbonyl (C=O) groups excluding carboxylic acids is 4. The molecule has 0 aromatic heterocycles. The van der Waals surface area contributed by atoms with Gasteiger partial charge in [0.15, 0.2) is 0 Å². The molecule has 0 aliphatic carbocycles. The van der Waals surface area contributed by atoms with Crippen LogP contribution in [-0.4, -0.2) is 41.7 Å². The average Bonchev–Trinajstić information content (AvgIpc) is 3.04. The van der Waals surface area contributed by atoms with Crippen LogP contribution in [0, 0.1) is 0 Å². The Balaban J connectivity index is 1.35. The zero-order valence-corrected chi connectivity index (χ0v) is 18.3. The minimum absolute atomic E-state index is 0.121. The molecular weight excluding hydrogens is 408 g/mol. The van der Waals surface area contributed by atoms with Gasteiger partial charge >= 0.3 is 5.97 Å². The number of anilines is 1. The van der Waals surface area contributed by atoms with Gasteiger partial charge in [-0.15, -0.1) is 0 Å². The van der Waals surface area contributed by atoms with Crippen LogP contribution in [-0.2, 0) is 9.53 Å². The SMILES string of the molecule is CCCCOC(=O)c1ccc(NC(=O)CCCCCN2C(=O)c3ccccc3C2=O)cc1. The van der Waals surface area contributed by atoms with Gasteiger partial charge in [0, 0.05) is 18.7 Å². The number of hydrogen-bond donors (Lipinski definition) is 1. The van der Waals surface area contributed by atoms with Crippen molar-refractivity contribution in [2.24, 2.45) is 0 Å². The molecule has 0 fully saturated rings. The molecule has 1 N–H and O–H groups in total. The van der Waals surface area contributed by atoms with Crippen molar-refractivity contribution in [1.82, 2.24) is 4.90 Å². The number of unbranched alkanes of at least 4 members (excludes halogenated alkanes) is 3. The van der Waals surface area contributed by atoms with Gasteiger partial charge in [0.2, 0.25) is 5.91 Å². The van der Waals surface area contributed by atoms with Crippen LogP contribution in [0.4, 0.5) is 5.69 Å². The molecule has 168 valence electrons. The molecule has 3 rings (SSSR count). The van der Waals surface area contributed by atoms with Crippen molar-refractivity contribution in [1.29, 1.82) is 0 Å². The van der Waals surface area contributed by atoms with E-state index in [0.717, 1.165) is 19.3 Å². The van der Waals surface area contributed by atoms with Crippen LogP contribution < -0.4 is 5.32 Å². The number of fused-ring (bicyclic) bond motifs is 1. The number of esters is 1. The van der Waals surface area contributed by atoms with Crippen molar-refractivity contribution in [2.75, 3.05) is 18.5 Å². The van der Waals surface area contributed by atoms with E-state index in [0.29, 0.717) is 54.8 Å². The van der Waals surface area contributed by atoms with Crippen molar-refractivity contribution < 1.29 is 23.9 Å². The summed E-state index contributed by atoms with van der Waals surface area (Å²) >= 11 is 0. The Morgan fingerprint density at radius 1 is 0.875 bits per heavy atom. The largest absolute Gasteiger partial charge is 0.462 e. The third-order valence-electron chi connectivity index (χ3n) is 5.30. The Labute approximate surface area is 187 Å². The molecular formula is C25H28N2O5. The van der Waals surface area contributed by atoms with Crippen LogP contribution in [0.15, 0.2) is 48.5 Å². The van der Waals surface area contributed by atoms with Crippen LogP contribution in [0.5, 0.6) is 0 Å². The van der Waals surface area contributed by atoms with Crippen LogP contribution in [0.3, 0.4) is 0 Å². The highest BCUT2D eigenvalue weighted by molar-refractivity contribution is 6.21. The summed E-state index contributed by atoms with van der Waals surface area (Å²) < 4.78 is 5.16. The number of benzene rings is 2. The first kappa shape index (κ1) is 23.2. The molecule has 1 aliphatic heterocycles. The maximum Gasteiger partial charge on any atom is 0.338 e. The number of amides is 3. The first-order chi connectivity index (χ1) is 15.5. The number of rotatable bonds is 11. The smallest absolute Gasteiger partial charge is 0.338 e. The molecule has 0 saturated heterocycles. The van der Waals surface area contributed by atoms with Crippen molar-refractivity contribution in [3.63, 3.8) is 0 Å². The zero-order chi connectivity index (χ0) is 22.9. The normalized spacial score (nSPS) is 12.6. The summed E-state index contributed by atoms with van der Waals surface area (Å²) in [7, 11) is 0. The number of imide groups is 1. The zero-order valence-electron chi connectivity index (χ0n) is 18.3. The first-order valence-corrected chi connectivity index (χ1v) is 11.0. The van der Waals surface area contributed by atoms with Crippen LogP contribution in [0.2, 0.25) is 0 Å². The van der Waals surface area contributed by atoms with Crippen molar-refractivity contribution >= 4 is 29.4 Å². The summed E-state index contributed by atoms with van der Waals surface area (Å²) in [5.74, 6) is -0.986. The van der Waals surface area contributed by atoms with Crippen LogP contribution >= 0.6 is 0 Å². The summed E-state index contributed by atoms with van der Waals surface area (Å²) in [5, 5.41) is 2.81. The molecule has 0 bridgehead atoms. The highest BCUT2D eigenvalue weighted by Gasteiger charge is 2.34. The van der Waals surface area contributed by atoms with Crippen molar-refractivity contribution in [3.8, 4) is 0 Å². The summed E-state index contributed by atoms with van der Waals surface area (Å²) in [6.45, 7) is 2.78. The minimum Gasteiger partial charge on any atom is -0.462 e. The second-order valence-corrected chi connectivity index (χ2v) is 7.73. The number of nitrogens with one attached hydrogen (secondary N) is 1. The molecule has 1 heterocycles. The molecule has 1 aliphatic rings. The molecule has 0 radical (unpaired) electrons. The van der Waals surface area contributed by atoms with Gasteiger partial charge in [-0.25, -0.2) is 4.79 Å². The Hall–Kier alpha value is -3.48. The molecule has 2 aromatic rings. The van der Waals surface area contributed by atoms with Crippen LogP contribution in [0.25, 0.3) is 0 Å². The van der Waals surface area contributed by atoms with Gasteiger partial charge in [-0.2, -0.15) is 0 Å². The predicted octanol–water partition coefficient (Wildman–Crippen LogP) is 4.44. The monoisotopic (exact) mass is 436 g/mol. The summed E-state index contributed by atoms with van der Waals surface area (Å²) in [6.07, 6.45) is 4.15. The molecule has 0 unspecified atom stereocenters. The second-order valence-electron chi connectivity index (χ2n) is 7.73. The fourth-order valence-electron chi connectivity index (χ4n) is 3.48. The summed E-state index contributed by atoms with van der Waals surface area (Å²) in [4.78, 5) is 50.0. The van der Waals surface area contributed by atoms with Crippen molar-refractivity contribution in [3.05, 3.63) is 65.2 Å². The Bertz CT molecular complexity index is 949. The number of ether oxygens (including phenoxy) is 1. The predicted molar refractivity (Wildman–Crippen MR) is 121 cm³/mol. The van der Waals surface area contributed by atoms with E-state index in [2.05, 4.69) is 5.32 Å². The number of carbonyl (C=O) groups is 4. The molecule has 7 heteroatoms. The van der Waals surface area contributed by atoms with Crippen LogP contribution in [0.1, 0.15) is 76.5 Å². The van der Waals surface area contributed by atoms with E-state index in [1.54, 1.807) is 48.5 Å². The van der Waals surface area contributed by atoms with Crippen molar-refractivity contribution in [2.45, 2.75) is 45.4 Å². The quantitative estimate of drug-likeness (QED) is 0.319. The lowest BCUT2D eigenvalue weighted by molar-refractivity contribution is -0.116. The Kier molecular flexibility index (Phi) is 8.14. The summed E-state index contributed by atoms with van der Waals surface area (Å²) in [5.41, 5.74) is 1.98. The molecule has 2 aromatic carbocycles.